The van der Waals surface area contributed by atoms with Crippen molar-refractivity contribution < 1.29 is 23.5 Å². The highest BCUT2D eigenvalue weighted by Gasteiger charge is 2.15. The van der Waals surface area contributed by atoms with Crippen molar-refractivity contribution in [1.29, 1.82) is 0 Å². The van der Waals surface area contributed by atoms with Gasteiger partial charge in [-0.15, -0.1) is 0 Å². The molecule has 1 amide bonds. The number of carboxylic acid groups (broad SMARTS) is 1. The van der Waals surface area contributed by atoms with Crippen LogP contribution >= 0.6 is 0 Å². The molecule has 2 rings (SSSR count). The van der Waals surface area contributed by atoms with Crippen LogP contribution in [-0.2, 0) is 0 Å². The van der Waals surface area contributed by atoms with Gasteiger partial charge in [0.15, 0.2) is 0 Å². The van der Waals surface area contributed by atoms with Crippen LogP contribution < -0.4 is 5.32 Å². The quantitative estimate of drug-likeness (QED) is 0.903. The Kier molecular flexibility index (Phi) is 3.69. The number of amides is 1. The third-order valence-electron chi connectivity index (χ3n) is 2.44. The Labute approximate surface area is 111 Å². The molecule has 0 aliphatic heterocycles. The summed E-state index contributed by atoms with van der Waals surface area (Å²) in [5, 5.41) is 10.8. The Balaban J connectivity index is 2.29. The van der Waals surface area contributed by atoms with Crippen LogP contribution in [0, 0.1) is 11.6 Å². The zero-order valence-corrected chi connectivity index (χ0v) is 9.93. The van der Waals surface area contributed by atoms with E-state index in [1.807, 2.05) is 0 Å². The summed E-state index contributed by atoms with van der Waals surface area (Å²) in [7, 11) is 0. The molecule has 2 N–H and O–H groups in total. The van der Waals surface area contributed by atoms with E-state index in [1.165, 1.54) is 6.07 Å². The summed E-state index contributed by atoms with van der Waals surface area (Å²) in [6, 6.07) is 5.40. The van der Waals surface area contributed by atoms with E-state index < -0.39 is 29.2 Å². The Morgan fingerprint density at radius 2 is 1.80 bits per heavy atom. The van der Waals surface area contributed by atoms with Gasteiger partial charge in [-0.1, -0.05) is 6.07 Å². The van der Waals surface area contributed by atoms with Crippen LogP contribution in [0.3, 0.4) is 0 Å². The van der Waals surface area contributed by atoms with Crippen LogP contribution in [0.1, 0.15) is 20.8 Å². The van der Waals surface area contributed by atoms with Crippen molar-refractivity contribution in [3.05, 3.63) is 59.4 Å². The molecule has 7 heteroatoms. The van der Waals surface area contributed by atoms with Crippen molar-refractivity contribution in [3.63, 3.8) is 0 Å². The first-order valence-corrected chi connectivity index (χ1v) is 5.44. The lowest BCUT2D eigenvalue weighted by Gasteiger charge is -2.07. The second-order valence-electron chi connectivity index (χ2n) is 3.79. The van der Waals surface area contributed by atoms with Gasteiger partial charge in [0.25, 0.3) is 5.91 Å². The number of aromatic nitrogens is 1. The number of aromatic carboxylic acids is 1. The summed E-state index contributed by atoms with van der Waals surface area (Å²) in [4.78, 5) is 26.1. The smallest absolute Gasteiger partial charge is 0.354 e. The van der Waals surface area contributed by atoms with Crippen molar-refractivity contribution in [2.45, 2.75) is 0 Å². The summed E-state index contributed by atoms with van der Waals surface area (Å²) < 4.78 is 26.7. The molecular weight excluding hydrogens is 270 g/mol. The van der Waals surface area contributed by atoms with Gasteiger partial charge in [-0.3, -0.25) is 4.79 Å². The number of hydrogen-bond donors (Lipinski definition) is 2. The maximum Gasteiger partial charge on any atom is 0.354 e. The highest BCUT2D eigenvalue weighted by molar-refractivity contribution is 6.05. The summed E-state index contributed by atoms with van der Waals surface area (Å²) in [6.07, 6.45) is 1.12. The molecule has 0 radical (unpaired) electrons. The monoisotopic (exact) mass is 278 g/mol. The molecule has 0 bridgehead atoms. The lowest BCUT2D eigenvalue weighted by Crippen LogP contribution is -2.15. The number of carbonyl (C=O) groups is 2. The van der Waals surface area contributed by atoms with Gasteiger partial charge in [-0.2, -0.15) is 0 Å². The topological polar surface area (TPSA) is 79.3 Å². The number of para-hydroxylation sites is 1. The number of benzene rings is 1. The molecule has 1 heterocycles. The van der Waals surface area contributed by atoms with Gasteiger partial charge < -0.3 is 10.4 Å². The maximum absolute atomic E-state index is 13.4. The third-order valence-corrected chi connectivity index (χ3v) is 2.44. The number of nitrogens with zero attached hydrogens (tertiary/aromatic N) is 1. The van der Waals surface area contributed by atoms with Crippen molar-refractivity contribution in [1.82, 2.24) is 4.98 Å². The number of anilines is 1. The van der Waals surface area contributed by atoms with E-state index >= 15 is 0 Å². The highest BCUT2D eigenvalue weighted by Crippen LogP contribution is 2.19. The number of hydrogen-bond acceptors (Lipinski definition) is 3. The van der Waals surface area contributed by atoms with Gasteiger partial charge in [0.05, 0.1) is 0 Å². The minimum atomic E-state index is -1.31. The molecule has 1 aromatic carbocycles. The molecule has 2 aromatic rings. The van der Waals surface area contributed by atoms with Crippen LogP contribution in [0.4, 0.5) is 14.5 Å². The van der Waals surface area contributed by atoms with E-state index in [1.54, 1.807) is 0 Å². The molecule has 0 unspecified atom stereocenters. The molecule has 1 aromatic heterocycles. The summed E-state index contributed by atoms with van der Waals surface area (Å²) in [5.74, 6) is -3.99. The third kappa shape index (κ3) is 2.77. The van der Waals surface area contributed by atoms with Gasteiger partial charge in [-0.25, -0.2) is 18.6 Å². The van der Waals surface area contributed by atoms with E-state index in [0.717, 1.165) is 30.5 Å². The second kappa shape index (κ2) is 5.43. The number of halogens is 2. The fourth-order valence-electron chi connectivity index (χ4n) is 1.49. The van der Waals surface area contributed by atoms with Gasteiger partial charge in [0, 0.05) is 11.8 Å². The molecule has 0 fully saturated rings. The molecule has 0 spiro atoms. The van der Waals surface area contributed by atoms with Gasteiger partial charge >= 0.3 is 5.97 Å². The van der Waals surface area contributed by atoms with Gasteiger partial charge in [-0.05, 0) is 24.3 Å². The zero-order valence-electron chi connectivity index (χ0n) is 9.93. The molecule has 5 nitrogen and oxygen atoms in total. The molecular formula is C13H8F2N2O3. The molecule has 0 saturated heterocycles. The number of pyridine rings is 1. The van der Waals surface area contributed by atoms with Crippen molar-refractivity contribution in [3.8, 4) is 0 Å². The lowest BCUT2D eigenvalue weighted by molar-refractivity contribution is 0.0690. The minimum absolute atomic E-state index is 0.0694. The fourth-order valence-corrected chi connectivity index (χ4v) is 1.49. The summed E-state index contributed by atoms with van der Waals surface area (Å²) in [6.45, 7) is 0. The molecule has 0 saturated carbocycles. The maximum atomic E-state index is 13.4. The van der Waals surface area contributed by atoms with Crippen molar-refractivity contribution in [2.75, 3.05) is 5.32 Å². The minimum Gasteiger partial charge on any atom is -0.477 e. The summed E-state index contributed by atoms with van der Waals surface area (Å²) >= 11 is 0. The number of nitrogens with one attached hydrogen (secondary N) is 1. The van der Waals surface area contributed by atoms with Gasteiger partial charge in [0.1, 0.15) is 23.0 Å². The van der Waals surface area contributed by atoms with E-state index in [-0.39, 0.29) is 11.3 Å². The largest absolute Gasteiger partial charge is 0.477 e. The Hall–Kier alpha value is -2.83. The van der Waals surface area contributed by atoms with E-state index in [4.69, 9.17) is 5.11 Å². The van der Waals surface area contributed by atoms with Crippen LogP contribution in [0.5, 0.6) is 0 Å². The van der Waals surface area contributed by atoms with Crippen molar-refractivity contribution in [2.24, 2.45) is 0 Å². The zero-order chi connectivity index (χ0) is 14.7. The molecule has 20 heavy (non-hydrogen) atoms. The van der Waals surface area contributed by atoms with Crippen molar-refractivity contribution >= 4 is 17.6 Å². The van der Waals surface area contributed by atoms with Crippen LogP contribution in [0.25, 0.3) is 0 Å². The normalized spacial score (nSPS) is 10.1. The molecule has 102 valence electrons. The molecule has 0 aliphatic rings. The number of carboxylic acids is 1. The predicted octanol–water partition coefficient (Wildman–Crippen LogP) is 2.31. The van der Waals surface area contributed by atoms with E-state index in [2.05, 4.69) is 10.3 Å². The number of rotatable bonds is 3. The Morgan fingerprint density at radius 3 is 2.40 bits per heavy atom. The summed E-state index contributed by atoms with van der Waals surface area (Å²) in [5.41, 5.74) is -1.00. The van der Waals surface area contributed by atoms with Crippen LogP contribution in [-0.4, -0.2) is 22.0 Å². The predicted molar refractivity (Wildman–Crippen MR) is 65.5 cm³/mol. The molecule has 0 atom stereocenters. The first-order valence-electron chi connectivity index (χ1n) is 5.44. The first kappa shape index (κ1) is 13.6. The second-order valence-corrected chi connectivity index (χ2v) is 3.79. The average molecular weight is 278 g/mol. The average Bonchev–Trinajstić information content (AvgIpc) is 2.43. The highest BCUT2D eigenvalue weighted by atomic mass is 19.1. The van der Waals surface area contributed by atoms with Crippen LogP contribution in [0.15, 0.2) is 36.5 Å². The lowest BCUT2D eigenvalue weighted by atomic mass is 10.2. The Morgan fingerprint density at radius 1 is 1.15 bits per heavy atom. The van der Waals surface area contributed by atoms with Crippen LogP contribution in [0.2, 0.25) is 0 Å². The van der Waals surface area contributed by atoms with E-state index in [9.17, 15) is 18.4 Å². The SMILES string of the molecule is O=C(Nc1c(F)cccc1F)c1ccnc(C(=O)O)c1. The number of carbonyl (C=O) groups excluding carboxylic acids is 1. The first-order chi connectivity index (χ1) is 9.49. The van der Waals surface area contributed by atoms with E-state index in [0.29, 0.717) is 0 Å². The van der Waals surface area contributed by atoms with Gasteiger partial charge in [0.2, 0.25) is 0 Å². The standard InChI is InChI=1S/C13H8F2N2O3/c14-8-2-1-3-9(15)11(8)17-12(18)7-4-5-16-10(6-7)13(19)20/h1-6H,(H,17,18)(H,19,20). The fraction of sp³-hybridized carbons (Fsp3) is 0. The Bertz CT molecular complexity index is 669. The molecule has 0 aliphatic carbocycles.